The third-order valence-electron chi connectivity index (χ3n) is 3.54. The summed E-state index contributed by atoms with van der Waals surface area (Å²) in [5.41, 5.74) is 3.80. The Labute approximate surface area is 134 Å². The number of carbonyl (C=O) groups is 1. The van der Waals surface area contributed by atoms with Gasteiger partial charge in [-0.15, -0.1) is 0 Å². The van der Waals surface area contributed by atoms with Gasteiger partial charge in [0.05, 0.1) is 6.61 Å². The van der Waals surface area contributed by atoms with Gasteiger partial charge in [0.25, 0.3) is 0 Å². The Hall–Kier alpha value is -1.45. The Morgan fingerprint density at radius 2 is 2.05 bits per heavy atom. The van der Waals surface area contributed by atoms with E-state index in [0.29, 0.717) is 6.61 Å². The lowest BCUT2D eigenvalue weighted by molar-refractivity contribution is -0.112. The number of allylic oxidation sites excluding steroid dienone is 4. The molecule has 0 spiro atoms. The fraction of sp³-hybridized carbons (Fsp3) is 0.278. The predicted octanol–water partition coefficient (Wildman–Crippen LogP) is 4.71. The van der Waals surface area contributed by atoms with E-state index in [1.807, 2.05) is 49.4 Å². The van der Waals surface area contributed by atoms with Gasteiger partial charge in [-0.25, -0.2) is 0 Å². The molecule has 110 valence electrons. The normalized spacial score (nSPS) is 21.5. The van der Waals surface area contributed by atoms with Crippen LogP contribution < -0.4 is 0 Å². The molecule has 1 aromatic rings. The van der Waals surface area contributed by atoms with Gasteiger partial charge in [-0.1, -0.05) is 34.1 Å². The third kappa shape index (κ3) is 4.02. The van der Waals surface area contributed by atoms with E-state index in [4.69, 9.17) is 4.74 Å². The highest BCUT2D eigenvalue weighted by atomic mass is 79.9. The van der Waals surface area contributed by atoms with Crippen LogP contribution in [0, 0.1) is 0 Å². The zero-order valence-electron chi connectivity index (χ0n) is 12.4. The summed E-state index contributed by atoms with van der Waals surface area (Å²) in [5, 5.41) is 0. The first kappa shape index (κ1) is 15.9. The second-order valence-corrected chi connectivity index (χ2v) is 5.86. The van der Waals surface area contributed by atoms with Crippen molar-refractivity contribution < 1.29 is 9.53 Å². The number of ether oxygens (including phenoxy) is 1. The molecule has 1 fully saturated rings. The fourth-order valence-electron chi connectivity index (χ4n) is 2.46. The average Bonchev–Trinajstić information content (AvgIpc) is 2.48. The van der Waals surface area contributed by atoms with E-state index in [2.05, 4.69) is 15.9 Å². The van der Waals surface area contributed by atoms with Crippen molar-refractivity contribution >= 4 is 27.8 Å². The minimum atomic E-state index is 0.117. The van der Waals surface area contributed by atoms with Crippen LogP contribution in [0.15, 0.2) is 57.6 Å². The van der Waals surface area contributed by atoms with Crippen molar-refractivity contribution in [2.75, 3.05) is 13.7 Å². The molecule has 0 atom stereocenters. The lowest BCUT2D eigenvalue weighted by Crippen LogP contribution is -2.15. The molecular weight excluding hydrogens is 328 g/mol. The van der Waals surface area contributed by atoms with Gasteiger partial charge in [0, 0.05) is 22.7 Å². The molecule has 1 aliphatic carbocycles. The molecule has 0 saturated heterocycles. The van der Waals surface area contributed by atoms with E-state index in [1.54, 1.807) is 7.11 Å². The summed E-state index contributed by atoms with van der Waals surface area (Å²) in [6.45, 7) is 2.44. The molecule has 3 heteroatoms. The van der Waals surface area contributed by atoms with Crippen LogP contribution in [0.2, 0.25) is 0 Å². The van der Waals surface area contributed by atoms with Crippen molar-refractivity contribution in [1.82, 2.24) is 0 Å². The van der Waals surface area contributed by atoms with Gasteiger partial charge in [0.1, 0.15) is 0 Å². The Morgan fingerprint density at radius 1 is 1.29 bits per heavy atom. The first-order chi connectivity index (χ1) is 10.2. The summed E-state index contributed by atoms with van der Waals surface area (Å²) in [4.78, 5) is 12.6. The van der Waals surface area contributed by atoms with Crippen LogP contribution in [-0.4, -0.2) is 19.5 Å². The first-order valence-electron chi connectivity index (χ1n) is 7.01. The molecule has 1 saturated carbocycles. The van der Waals surface area contributed by atoms with Gasteiger partial charge in [0.2, 0.25) is 0 Å². The zero-order valence-corrected chi connectivity index (χ0v) is 13.9. The van der Waals surface area contributed by atoms with E-state index in [-0.39, 0.29) is 5.78 Å². The zero-order chi connectivity index (χ0) is 15.2. The average molecular weight is 347 g/mol. The minimum Gasteiger partial charge on any atom is -0.381 e. The van der Waals surface area contributed by atoms with Crippen LogP contribution in [0.1, 0.15) is 25.3 Å². The molecule has 2 rings (SSSR count). The van der Waals surface area contributed by atoms with Gasteiger partial charge in [-0.2, -0.15) is 0 Å². The number of ketones is 1. The summed E-state index contributed by atoms with van der Waals surface area (Å²) < 4.78 is 6.09. The number of halogens is 1. The van der Waals surface area contributed by atoms with Gasteiger partial charge in [0.15, 0.2) is 5.78 Å². The van der Waals surface area contributed by atoms with Gasteiger partial charge >= 0.3 is 0 Å². The van der Waals surface area contributed by atoms with Crippen molar-refractivity contribution in [3.8, 4) is 0 Å². The number of hydrogen-bond donors (Lipinski definition) is 0. The van der Waals surface area contributed by atoms with E-state index >= 15 is 0 Å². The molecular formula is C18H19BrO2. The second kappa shape index (κ2) is 7.53. The number of rotatable bonds is 3. The van der Waals surface area contributed by atoms with E-state index < -0.39 is 0 Å². The highest BCUT2D eigenvalue weighted by Crippen LogP contribution is 2.31. The molecule has 0 radical (unpaired) electrons. The van der Waals surface area contributed by atoms with Crippen molar-refractivity contribution in [3.05, 3.63) is 63.2 Å². The lowest BCUT2D eigenvalue weighted by atomic mass is 9.83. The molecule has 1 aromatic carbocycles. The molecule has 0 aromatic heterocycles. The quantitative estimate of drug-likeness (QED) is 0.740. The monoisotopic (exact) mass is 346 g/mol. The maximum absolute atomic E-state index is 12.6. The highest BCUT2D eigenvalue weighted by molar-refractivity contribution is 9.10. The minimum absolute atomic E-state index is 0.117. The van der Waals surface area contributed by atoms with E-state index in [9.17, 15) is 4.79 Å². The number of benzene rings is 1. The Kier molecular flexibility index (Phi) is 5.71. The standard InChI is InChI=1S/C18H19BrO2/c1-3-14-7-8-15(18(20)17(14)9-10-21-2)11-13-5-4-6-16(19)12-13/h3-6,9,11-12H,7-8,10H2,1-2H3/b14-3-,15-11+,17-9+. The molecule has 21 heavy (non-hydrogen) atoms. The van der Waals surface area contributed by atoms with Crippen LogP contribution in [0.5, 0.6) is 0 Å². The van der Waals surface area contributed by atoms with Crippen LogP contribution in [0.3, 0.4) is 0 Å². The summed E-state index contributed by atoms with van der Waals surface area (Å²) in [6.07, 6.45) is 7.58. The summed E-state index contributed by atoms with van der Waals surface area (Å²) in [7, 11) is 1.64. The molecule has 1 aliphatic rings. The maximum atomic E-state index is 12.6. The second-order valence-electron chi connectivity index (χ2n) is 4.94. The number of carbonyl (C=O) groups excluding carboxylic acids is 1. The molecule has 0 aliphatic heterocycles. The van der Waals surface area contributed by atoms with Crippen LogP contribution in [-0.2, 0) is 9.53 Å². The van der Waals surface area contributed by atoms with Gasteiger partial charge in [-0.3, -0.25) is 4.79 Å². The predicted molar refractivity (Wildman–Crippen MR) is 90.1 cm³/mol. The van der Waals surface area contributed by atoms with Crippen molar-refractivity contribution in [1.29, 1.82) is 0 Å². The SMILES string of the molecule is C/C=C1/CC/C(=C\c2cccc(Br)c2)C(=O)/C1=C/COC. The molecule has 0 bridgehead atoms. The number of Topliss-reactive ketones (excluding diaryl/α,β-unsaturated/α-hetero) is 1. The lowest BCUT2D eigenvalue weighted by Gasteiger charge is -2.20. The molecule has 2 nitrogen and oxygen atoms in total. The van der Waals surface area contributed by atoms with Crippen LogP contribution >= 0.6 is 15.9 Å². The van der Waals surface area contributed by atoms with Crippen LogP contribution in [0.4, 0.5) is 0 Å². The Balaban J connectivity index is 2.32. The molecule has 0 N–H and O–H groups in total. The first-order valence-corrected chi connectivity index (χ1v) is 7.80. The molecule has 0 amide bonds. The largest absolute Gasteiger partial charge is 0.381 e. The molecule has 0 unspecified atom stereocenters. The summed E-state index contributed by atoms with van der Waals surface area (Å²) >= 11 is 3.46. The number of methoxy groups -OCH3 is 1. The number of hydrogen-bond acceptors (Lipinski definition) is 2. The van der Waals surface area contributed by atoms with Crippen molar-refractivity contribution in [3.63, 3.8) is 0 Å². The topological polar surface area (TPSA) is 26.3 Å². The van der Waals surface area contributed by atoms with Crippen molar-refractivity contribution in [2.45, 2.75) is 19.8 Å². The third-order valence-corrected chi connectivity index (χ3v) is 4.03. The van der Waals surface area contributed by atoms with Crippen LogP contribution in [0.25, 0.3) is 6.08 Å². The molecule has 0 heterocycles. The maximum Gasteiger partial charge on any atom is 0.189 e. The Morgan fingerprint density at radius 3 is 2.71 bits per heavy atom. The fourth-order valence-corrected chi connectivity index (χ4v) is 2.88. The van der Waals surface area contributed by atoms with Crippen molar-refractivity contribution in [2.24, 2.45) is 0 Å². The summed E-state index contributed by atoms with van der Waals surface area (Å²) in [5.74, 6) is 0.117. The summed E-state index contributed by atoms with van der Waals surface area (Å²) in [6, 6.07) is 7.98. The van der Waals surface area contributed by atoms with Gasteiger partial charge < -0.3 is 4.74 Å². The van der Waals surface area contributed by atoms with Gasteiger partial charge in [-0.05, 0) is 55.2 Å². The highest BCUT2D eigenvalue weighted by Gasteiger charge is 2.23. The smallest absolute Gasteiger partial charge is 0.189 e. The van der Waals surface area contributed by atoms with E-state index in [1.165, 1.54) is 0 Å². The Bertz CT molecular complexity index is 624. The van der Waals surface area contributed by atoms with E-state index in [0.717, 1.165) is 39.6 Å².